The molecule has 2 rings (SSSR count). The third-order valence-electron chi connectivity index (χ3n) is 1.82. The van der Waals surface area contributed by atoms with E-state index in [1.54, 1.807) is 0 Å². The number of carboxylic acids is 1. The summed E-state index contributed by atoms with van der Waals surface area (Å²) in [5.74, 6) is -1.48. The summed E-state index contributed by atoms with van der Waals surface area (Å²) in [7, 11) is 0. The third-order valence-corrected chi connectivity index (χ3v) is 1.82. The summed E-state index contributed by atoms with van der Waals surface area (Å²) in [5.41, 5.74) is 1.41. The highest BCUT2D eigenvalue weighted by atomic mass is 16.4. The third kappa shape index (κ3) is 1.96. The summed E-state index contributed by atoms with van der Waals surface area (Å²) in [6.07, 6.45) is 1.39. The molecule has 0 fully saturated rings. The Kier molecular flexibility index (Phi) is 2.37. The molecule has 1 heterocycles. The number of nitrogens with zero attached hydrogens (tertiary/aromatic N) is 3. The second kappa shape index (κ2) is 3.83. The van der Waals surface area contributed by atoms with Crippen LogP contribution in [0.1, 0.15) is 10.6 Å². The number of hydrogen-bond donors (Lipinski definition) is 1. The topological polar surface area (TPSA) is 76.0 Å². The van der Waals surface area contributed by atoms with Crippen molar-refractivity contribution in [3.8, 4) is 11.3 Å². The fourth-order valence-electron chi connectivity index (χ4n) is 1.11. The minimum atomic E-state index is -1.18. The Labute approximate surface area is 85.4 Å². The van der Waals surface area contributed by atoms with Crippen LogP contribution in [-0.2, 0) is 0 Å². The van der Waals surface area contributed by atoms with E-state index in [9.17, 15) is 4.79 Å². The van der Waals surface area contributed by atoms with E-state index >= 15 is 0 Å². The molecule has 0 radical (unpaired) electrons. The van der Waals surface area contributed by atoms with Gasteiger partial charge in [-0.1, -0.05) is 30.3 Å². The molecule has 74 valence electrons. The molecule has 0 aliphatic rings. The van der Waals surface area contributed by atoms with Gasteiger partial charge in [0.15, 0.2) is 0 Å². The van der Waals surface area contributed by atoms with Crippen molar-refractivity contribution >= 4 is 5.97 Å². The molecule has 0 atom stereocenters. The summed E-state index contributed by atoms with van der Waals surface area (Å²) in [6, 6.07) is 9.32. The first-order chi connectivity index (χ1) is 7.27. The molecule has 1 aromatic carbocycles. The molecule has 0 saturated carbocycles. The zero-order valence-corrected chi connectivity index (χ0v) is 7.66. The number of carboxylic acid groups (broad SMARTS) is 1. The van der Waals surface area contributed by atoms with Crippen LogP contribution in [-0.4, -0.2) is 26.3 Å². The van der Waals surface area contributed by atoms with Crippen LogP contribution < -0.4 is 0 Å². The summed E-state index contributed by atoms with van der Waals surface area (Å²) < 4.78 is 0. The molecule has 0 aliphatic carbocycles. The number of aromatic nitrogens is 3. The molecule has 0 saturated heterocycles. The number of hydrogen-bond acceptors (Lipinski definition) is 4. The van der Waals surface area contributed by atoms with Crippen molar-refractivity contribution in [2.45, 2.75) is 0 Å². The lowest BCUT2D eigenvalue weighted by Crippen LogP contribution is -2.05. The highest BCUT2D eigenvalue weighted by molar-refractivity contribution is 5.82. The predicted octanol–water partition coefficient (Wildman–Crippen LogP) is 1.24. The molecular weight excluding hydrogens is 194 g/mol. The first-order valence-corrected chi connectivity index (χ1v) is 4.26. The molecule has 2 aromatic rings. The largest absolute Gasteiger partial charge is 0.475 e. The number of rotatable bonds is 2. The highest BCUT2D eigenvalue weighted by Crippen LogP contribution is 2.13. The molecule has 0 spiro atoms. The fourth-order valence-corrected chi connectivity index (χ4v) is 1.11. The summed E-state index contributed by atoms with van der Waals surface area (Å²) >= 11 is 0. The maximum absolute atomic E-state index is 10.5. The highest BCUT2D eigenvalue weighted by Gasteiger charge is 2.07. The van der Waals surface area contributed by atoms with E-state index in [4.69, 9.17) is 5.11 Å². The maximum atomic E-state index is 10.5. The first kappa shape index (κ1) is 9.26. The molecule has 0 aliphatic heterocycles. The van der Waals surface area contributed by atoms with Crippen LogP contribution in [0.5, 0.6) is 0 Å². The monoisotopic (exact) mass is 201 g/mol. The zero-order valence-electron chi connectivity index (χ0n) is 7.66. The van der Waals surface area contributed by atoms with Crippen molar-refractivity contribution in [2.24, 2.45) is 0 Å². The van der Waals surface area contributed by atoms with Crippen molar-refractivity contribution in [1.29, 1.82) is 0 Å². The van der Waals surface area contributed by atoms with Crippen LogP contribution in [0.4, 0.5) is 0 Å². The van der Waals surface area contributed by atoms with Crippen molar-refractivity contribution in [1.82, 2.24) is 15.2 Å². The molecule has 0 amide bonds. The van der Waals surface area contributed by atoms with Gasteiger partial charge >= 0.3 is 5.97 Å². The lowest BCUT2D eigenvalue weighted by Gasteiger charge is -1.98. The Morgan fingerprint density at radius 3 is 2.40 bits per heavy atom. The van der Waals surface area contributed by atoms with Gasteiger partial charge in [0.1, 0.15) is 5.69 Å². The van der Waals surface area contributed by atoms with Crippen molar-refractivity contribution in [2.75, 3.05) is 0 Å². The van der Waals surface area contributed by atoms with Crippen LogP contribution in [0, 0.1) is 0 Å². The zero-order chi connectivity index (χ0) is 10.7. The predicted molar refractivity (Wildman–Crippen MR) is 52.2 cm³/mol. The van der Waals surface area contributed by atoms with Gasteiger partial charge in [-0.3, -0.25) is 0 Å². The normalized spacial score (nSPS) is 9.87. The van der Waals surface area contributed by atoms with Gasteiger partial charge in [0.2, 0.25) is 0 Å². The minimum Gasteiger partial charge on any atom is -0.475 e. The van der Waals surface area contributed by atoms with Crippen LogP contribution in [0.15, 0.2) is 36.5 Å². The minimum absolute atomic E-state index is 0.297. The first-order valence-electron chi connectivity index (χ1n) is 4.26. The molecular formula is C10H7N3O2. The number of benzene rings is 1. The molecule has 1 aromatic heterocycles. The fraction of sp³-hybridized carbons (Fsp3) is 0. The standard InChI is InChI=1S/C10H7N3O2/c14-10(15)9-11-6-8(12-13-9)7-4-2-1-3-5-7/h1-6H,(H,14,15). The van der Waals surface area contributed by atoms with Crippen molar-refractivity contribution in [3.05, 3.63) is 42.4 Å². The number of aromatic carboxylic acids is 1. The summed E-state index contributed by atoms with van der Waals surface area (Å²) in [5, 5.41) is 15.9. The Morgan fingerprint density at radius 2 is 1.87 bits per heavy atom. The van der Waals surface area contributed by atoms with E-state index in [0.717, 1.165) is 5.56 Å². The average molecular weight is 201 g/mol. The van der Waals surface area contributed by atoms with Crippen LogP contribution >= 0.6 is 0 Å². The van der Waals surface area contributed by atoms with Gasteiger partial charge in [-0.15, -0.1) is 10.2 Å². The van der Waals surface area contributed by atoms with Crippen LogP contribution in [0.2, 0.25) is 0 Å². The smallest absolute Gasteiger partial charge is 0.375 e. The van der Waals surface area contributed by atoms with Crippen molar-refractivity contribution < 1.29 is 9.90 Å². The Bertz CT molecular complexity index is 468. The van der Waals surface area contributed by atoms with Gasteiger partial charge in [0.05, 0.1) is 6.20 Å². The van der Waals surface area contributed by atoms with Gasteiger partial charge in [-0.05, 0) is 0 Å². The molecule has 15 heavy (non-hydrogen) atoms. The van der Waals surface area contributed by atoms with E-state index in [0.29, 0.717) is 5.69 Å². The molecule has 1 N–H and O–H groups in total. The van der Waals surface area contributed by atoms with Gasteiger partial charge in [0, 0.05) is 5.56 Å². The van der Waals surface area contributed by atoms with E-state index in [1.807, 2.05) is 30.3 Å². The van der Waals surface area contributed by atoms with Gasteiger partial charge in [-0.2, -0.15) is 0 Å². The Balaban J connectivity index is 2.36. The van der Waals surface area contributed by atoms with E-state index in [2.05, 4.69) is 15.2 Å². The Hall–Kier alpha value is -2.30. The van der Waals surface area contributed by atoms with E-state index in [-0.39, 0.29) is 5.82 Å². The second-order valence-electron chi connectivity index (χ2n) is 2.84. The SMILES string of the molecule is O=C(O)c1ncc(-c2ccccc2)nn1. The summed E-state index contributed by atoms with van der Waals surface area (Å²) in [4.78, 5) is 14.2. The maximum Gasteiger partial charge on any atom is 0.375 e. The van der Waals surface area contributed by atoms with E-state index in [1.165, 1.54) is 6.20 Å². The van der Waals surface area contributed by atoms with Gasteiger partial charge < -0.3 is 5.11 Å². The van der Waals surface area contributed by atoms with Crippen LogP contribution in [0.25, 0.3) is 11.3 Å². The molecule has 5 nitrogen and oxygen atoms in total. The molecule has 0 bridgehead atoms. The number of carbonyl (C=O) groups is 1. The van der Waals surface area contributed by atoms with E-state index < -0.39 is 5.97 Å². The lowest BCUT2D eigenvalue weighted by molar-refractivity contribution is 0.0682. The lowest BCUT2D eigenvalue weighted by atomic mass is 10.2. The quantitative estimate of drug-likeness (QED) is 0.790. The molecule has 5 heteroatoms. The van der Waals surface area contributed by atoms with Gasteiger partial charge in [-0.25, -0.2) is 9.78 Å². The van der Waals surface area contributed by atoms with Gasteiger partial charge in [0.25, 0.3) is 5.82 Å². The average Bonchev–Trinajstić information content (AvgIpc) is 2.30. The molecule has 0 unspecified atom stereocenters. The van der Waals surface area contributed by atoms with Crippen molar-refractivity contribution in [3.63, 3.8) is 0 Å². The Morgan fingerprint density at radius 1 is 1.13 bits per heavy atom. The summed E-state index contributed by atoms with van der Waals surface area (Å²) in [6.45, 7) is 0. The van der Waals surface area contributed by atoms with Crippen LogP contribution in [0.3, 0.4) is 0 Å². The second-order valence-corrected chi connectivity index (χ2v) is 2.84.